The van der Waals surface area contributed by atoms with Crippen LogP contribution >= 0.6 is 41.3 Å². The van der Waals surface area contributed by atoms with Crippen LogP contribution in [0.15, 0.2) is 65.2 Å². The Morgan fingerprint density at radius 1 is 1.16 bits per heavy atom. The highest BCUT2D eigenvalue weighted by Gasteiger charge is 2.62. The first-order valence-corrected chi connectivity index (χ1v) is 15.5. The monoisotopic (exact) mass is 598 g/mol. The lowest BCUT2D eigenvalue weighted by molar-refractivity contribution is -0.149. The zero-order valence-corrected chi connectivity index (χ0v) is 24.7. The van der Waals surface area contributed by atoms with E-state index in [4.69, 9.17) is 32.7 Å². The van der Waals surface area contributed by atoms with E-state index in [9.17, 15) is 19.4 Å². The molecule has 12 heteroatoms. The number of benzene rings is 2. The Balaban J connectivity index is 0.000000432. The molecule has 0 spiro atoms. The number of ether oxygens (including phenoxy) is 2. The van der Waals surface area contributed by atoms with Crippen LogP contribution < -0.4 is 9.82 Å². The van der Waals surface area contributed by atoms with Gasteiger partial charge in [0.15, 0.2) is 0 Å². The van der Waals surface area contributed by atoms with Gasteiger partial charge in [-0.15, -0.1) is 0 Å². The maximum atomic E-state index is 12.6. The molecule has 204 valence electrons. The van der Waals surface area contributed by atoms with Crippen LogP contribution in [-0.4, -0.2) is 25.2 Å². The van der Waals surface area contributed by atoms with Crippen molar-refractivity contribution in [3.63, 3.8) is 0 Å². The minimum absolute atomic E-state index is 0.114. The van der Waals surface area contributed by atoms with E-state index in [-0.39, 0.29) is 27.6 Å². The molecule has 1 aliphatic carbocycles. The molecule has 1 fully saturated rings. The van der Waals surface area contributed by atoms with Gasteiger partial charge in [0.05, 0.1) is 5.92 Å². The van der Waals surface area contributed by atoms with Crippen LogP contribution in [0.5, 0.6) is 11.5 Å². The van der Waals surface area contributed by atoms with Gasteiger partial charge in [-0.25, -0.2) is 0 Å². The number of carbonyl (C=O) groups is 2. The van der Waals surface area contributed by atoms with Crippen molar-refractivity contribution < 1.29 is 28.2 Å². The van der Waals surface area contributed by atoms with Crippen LogP contribution in [-0.2, 0) is 23.4 Å². The second-order valence-corrected chi connectivity index (χ2v) is 14.2. The summed E-state index contributed by atoms with van der Waals surface area (Å²) in [7, 11) is 1.30. The molecule has 3 rings (SSSR count). The highest BCUT2D eigenvalue weighted by atomic mass is 35.5. The van der Waals surface area contributed by atoms with Crippen molar-refractivity contribution in [2.45, 2.75) is 26.9 Å². The number of nitrogens with zero attached hydrogens (tertiary/aromatic N) is 1. The Hall–Kier alpha value is -2.47. The lowest BCUT2D eigenvalue weighted by Gasteiger charge is -2.13. The number of hydrogen-bond acceptors (Lipinski definition) is 8. The number of halogens is 2. The summed E-state index contributed by atoms with van der Waals surface area (Å²) < 4.78 is 27.2. The van der Waals surface area contributed by atoms with Gasteiger partial charge >= 0.3 is 12.7 Å². The zero-order valence-electron chi connectivity index (χ0n) is 21.5. The molecule has 1 saturated carbocycles. The van der Waals surface area contributed by atoms with Crippen LogP contribution in [0.4, 0.5) is 0 Å². The topological polar surface area (TPSA) is 115 Å². The molecule has 0 aromatic heterocycles. The lowest BCUT2D eigenvalue weighted by atomic mass is 10.1. The van der Waals surface area contributed by atoms with Gasteiger partial charge in [0.1, 0.15) is 22.1 Å². The van der Waals surface area contributed by atoms with Gasteiger partial charge < -0.3 is 14.0 Å². The summed E-state index contributed by atoms with van der Waals surface area (Å²) in [4.78, 5) is 23.0. The molecule has 4 atom stereocenters. The summed E-state index contributed by atoms with van der Waals surface area (Å²) in [6, 6.07) is 18.3. The van der Waals surface area contributed by atoms with E-state index in [0.29, 0.717) is 17.1 Å². The third kappa shape index (κ3) is 9.07. The number of nitrogens with one attached hydrogen (secondary N) is 1. The molecule has 8 nitrogen and oxygen atoms in total. The number of para-hydroxylation sites is 1. The SMILES string of the molecule is CC1(C)[C@H](C=C(Cl)Cl)[C@H]1C(=O)OC(C#N)c1cccc(Oc2ccccc2)c1.COP(=O)(NC(C)=O)SC. The average Bonchev–Trinajstić information content (AvgIpc) is 3.41. The standard InChI is InChI=1S/C22H19Cl2NO3.C4H10NO3PS/c1-22(2)17(12-19(23)24)20(22)21(26)28-18(13-25)14-7-6-10-16(11-14)27-15-8-4-3-5-9-15;1-4(6)5-9(7,8-2)10-3/h3-12,17-18,20H,1-2H3;1-3H3,(H,5,6,7)/t17-,18?,20+;/m1./s1. The predicted molar refractivity (Wildman–Crippen MR) is 150 cm³/mol. The summed E-state index contributed by atoms with van der Waals surface area (Å²) in [5, 5.41) is 11.7. The van der Waals surface area contributed by atoms with E-state index in [1.54, 1.807) is 36.6 Å². The molecule has 1 aliphatic rings. The Kier molecular flexibility index (Phi) is 11.8. The van der Waals surface area contributed by atoms with E-state index in [1.807, 2.05) is 50.2 Å². The summed E-state index contributed by atoms with van der Waals surface area (Å²) >= 11 is 12.5. The van der Waals surface area contributed by atoms with E-state index in [1.165, 1.54) is 14.0 Å². The maximum absolute atomic E-state index is 12.6. The van der Waals surface area contributed by atoms with E-state index in [0.717, 1.165) is 11.4 Å². The molecular weight excluding hydrogens is 570 g/mol. The number of carbonyl (C=O) groups excluding carboxylic acids is 2. The molecule has 0 saturated heterocycles. The highest BCUT2D eigenvalue weighted by molar-refractivity contribution is 8.55. The second kappa shape index (κ2) is 14.1. The van der Waals surface area contributed by atoms with Crippen LogP contribution in [0.1, 0.15) is 32.4 Å². The Bertz CT molecular complexity index is 1240. The molecule has 2 unspecified atom stereocenters. The third-order valence-electron chi connectivity index (χ3n) is 5.74. The molecule has 2 aromatic rings. The van der Waals surface area contributed by atoms with E-state index >= 15 is 0 Å². The van der Waals surface area contributed by atoms with Gasteiger partial charge in [-0.2, -0.15) is 5.26 Å². The van der Waals surface area contributed by atoms with Gasteiger partial charge in [0.2, 0.25) is 12.0 Å². The normalized spacial score (nSPS) is 19.2. The van der Waals surface area contributed by atoms with Gasteiger partial charge in [-0.3, -0.25) is 19.2 Å². The number of rotatable bonds is 9. The molecule has 38 heavy (non-hydrogen) atoms. The van der Waals surface area contributed by atoms with Gasteiger partial charge in [-0.1, -0.05) is 78.8 Å². The largest absolute Gasteiger partial charge is 0.457 e. The molecule has 0 heterocycles. The van der Waals surface area contributed by atoms with Crippen LogP contribution in [0.3, 0.4) is 0 Å². The fraction of sp³-hybridized carbons (Fsp3) is 0.346. The first kappa shape index (κ1) is 31.7. The van der Waals surface area contributed by atoms with E-state index in [2.05, 4.69) is 9.61 Å². The Morgan fingerprint density at radius 2 is 1.79 bits per heavy atom. The molecular formula is C26H29Cl2N2O6PS. The smallest absolute Gasteiger partial charge is 0.352 e. The molecule has 0 aliphatic heterocycles. The number of allylic oxidation sites excluding steroid dienone is 1. The quantitative estimate of drug-likeness (QED) is 0.234. The fourth-order valence-electron chi connectivity index (χ4n) is 3.66. The van der Waals surface area contributed by atoms with Crippen molar-refractivity contribution in [3.05, 3.63) is 70.7 Å². The van der Waals surface area contributed by atoms with Crippen molar-refractivity contribution in [1.82, 2.24) is 5.09 Å². The molecule has 1 N–H and O–H groups in total. The summed E-state index contributed by atoms with van der Waals surface area (Å²) in [6.45, 7) is 2.25. The van der Waals surface area contributed by atoms with Crippen LogP contribution in [0.25, 0.3) is 0 Å². The number of nitriles is 1. The number of amides is 1. The highest BCUT2D eigenvalue weighted by Crippen LogP contribution is 2.60. The second-order valence-electron chi connectivity index (χ2n) is 8.75. The maximum Gasteiger partial charge on any atom is 0.352 e. The molecule has 2 aromatic carbocycles. The van der Waals surface area contributed by atoms with Crippen molar-refractivity contribution in [2.75, 3.05) is 13.4 Å². The van der Waals surface area contributed by atoms with Gasteiger partial charge in [-0.05, 0) is 47.9 Å². The third-order valence-corrected chi connectivity index (χ3v) is 9.70. The zero-order chi connectivity index (χ0) is 28.5. The average molecular weight is 599 g/mol. The van der Waals surface area contributed by atoms with Crippen LogP contribution in [0, 0.1) is 28.6 Å². The lowest BCUT2D eigenvalue weighted by Crippen LogP contribution is -2.15. The minimum Gasteiger partial charge on any atom is -0.457 e. The van der Waals surface area contributed by atoms with Gasteiger partial charge in [0.25, 0.3) is 0 Å². The van der Waals surface area contributed by atoms with E-state index < -0.39 is 18.8 Å². The Labute approximate surface area is 236 Å². The molecule has 1 amide bonds. The number of esters is 1. The predicted octanol–water partition coefficient (Wildman–Crippen LogP) is 7.42. The molecule has 0 bridgehead atoms. The first-order valence-electron chi connectivity index (χ1n) is 11.3. The first-order chi connectivity index (χ1) is 17.9. The number of hydrogen-bond donors (Lipinski definition) is 1. The summed E-state index contributed by atoms with van der Waals surface area (Å²) in [6.07, 6.45) is 2.23. The molecule has 0 radical (unpaired) electrons. The van der Waals surface area contributed by atoms with Crippen molar-refractivity contribution in [3.8, 4) is 17.6 Å². The van der Waals surface area contributed by atoms with Gasteiger partial charge in [0, 0.05) is 19.6 Å². The summed E-state index contributed by atoms with van der Waals surface area (Å²) in [5.74, 6) is -0.0584. The minimum atomic E-state index is -2.92. The van der Waals surface area contributed by atoms with Crippen molar-refractivity contribution in [2.24, 2.45) is 17.3 Å². The summed E-state index contributed by atoms with van der Waals surface area (Å²) in [5.41, 5.74) is 0.231. The Morgan fingerprint density at radius 3 is 2.29 bits per heavy atom. The van der Waals surface area contributed by atoms with Crippen molar-refractivity contribution in [1.29, 1.82) is 5.26 Å². The van der Waals surface area contributed by atoms with Crippen molar-refractivity contribution >= 4 is 53.2 Å². The fourth-order valence-corrected chi connectivity index (χ4v) is 5.75. The van der Waals surface area contributed by atoms with Crippen LogP contribution in [0.2, 0.25) is 0 Å².